The van der Waals surface area contributed by atoms with Crippen LogP contribution >= 0.6 is 0 Å². The highest BCUT2D eigenvalue weighted by Crippen LogP contribution is 2.59. The fourth-order valence-corrected chi connectivity index (χ4v) is 21.1. The van der Waals surface area contributed by atoms with Crippen LogP contribution in [0.4, 0.5) is 51.6 Å². The number of fused-ring (bicyclic) bond motifs is 26. The van der Waals surface area contributed by atoms with Gasteiger partial charge in [0.1, 0.15) is 17.5 Å². The molecule has 3 aliphatic rings. The molecule has 0 aliphatic carbocycles. The first-order valence-corrected chi connectivity index (χ1v) is 45.7. The van der Waals surface area contributed by atoms with E-state index in [9.17, 15) is 0 Å². The molecule has 134 heavy (non-hydrogen) atoms. The summed E-state index contributed by atoms with van der Waals surface area (Å²) < 4.78 is 7.38. The maximum absolute atomic E-state index is 5.21. The monoisotopic (exact) mass is 1710 g/mol. The van der Waals surface area contributed by atoms with Gasteiger partial charge in [0.25, 0.3) is 0 Å². The minimum atomic E-state index is 0.896. The number of para-hydroxylation sites is 12. The van der Waals surface area contributed by atoms with Crippen LogP contribution in [0.2, 0.25) is 0 Å². The Kier molecular flexibility index (Phi) is 18.4. The summed E-state index contributed by atoms with van der Waals surface area (Å²) in [6, 6.07) is 176. The van der Waals surface area contributed by atoms with Crippen LogP contribution in [-0.2, 0) is 0 Å². The van der Waals surface area contributed by atoms with Gasteiger partial charge in [-0.25, -0.2) is 15.0 Å². The molecule has 6 aromatic heterocycles. The van der Waals surface area contributed by atoms with Crippen LogP contribution in [0, 0.1) is 0 Å². The zero-order valence-corrected chi connectivity index (χ0v) is 72.8. The maximum atomic E-state index is 5.21. The van der Waals surface area contributed by atoms with Gasteiger partial charge in [-0.2, -0.15) is 0 Å². The molecular weight excluding hydrogens is 1630 g/mol. The molecule has 0 bridgehead atoms. The zero-order chi connectivity index (χ0) is 88.3. The molecule has 0 radical (unpaired) electrons. The summed E-state index contributed by atoms with van der Waals surface area (Å²) in [5.41, 5.74) is 35.7. The molecule has 0 atom stereocenters. The van der Waals surface area contributed by atoms with E-state index < -0.39 is 0 Å². The van der Waals surface area contributed by atoms with E-state index >= 15 is 0 Å². The lowest BCUT2D eigenvalue weighted by Gasteiger charge is -2.26. The van der Waals surface area contributed by atoms with Crippen LogP contribution in [0.3, 0.4) is 0 Å². The fourth-order valence-electron chi connectivity index (χ4n) is 21.1. The number of pyridine rings is 3. The molecule has 25 aromatic rings. The molecule has 0 spiro atoms. The van der Waals surface area contributed by atoms with Crippen LogP contribution in [-0.4, -0.2) is 28.7 Å². The van der Waals surface area contributed by atoms with Crippen molar-refractivity contribution in [2.45, 2.75) is 0 Å². The molecule has 3 aliphatic heterocycles. The third-order valence-corrected chi connectivity index (χ3v) is 26.9. The predicted molar refractivity (Wildman–Crippen MR) is 559 cm³/mol. The SMILES string of the molecule is c1cc(-c2ccc3ccccc3c2)cc(-n2c3c(c4ccccc42)-c2ccccc2N(c2ccc4ccccc4n2)c2ccccc2-3)c1.c1ccc(-c2cccc(-n3c4c(c5ccccc53)-c3ccccc3N(c3ccc5ccccc5n3)c3ccccc3-4)c2)cc1.c1ccc2c(c1)-c1c(n(-c3cccc4ccccc34)c3ccccc13)-c1ccccc1N2c1ccc2ccccc2n1. The van der Waals surface area contributed by atoms with Crippen LogP contribution in [0.5, 0.6) is 0 Å². The summed E-state index contributed by atoms with van der Waals surface area (Å²) in [6.45, 7) is 0. The molecule has 0 saturated heterocycles. The first kappa shape index (κ1) is 77.1. The fraction of sp³-hybridized carbons (Fsp3) is 0. The van der Waals surface area contributed by atoms with Gasteiger partial charge in [0.15, 0.2) is 0 Å². The third-order valence-electron chi connectivity index (χ3n) is 26.9. The highest BCUT2D eigenvalue weighted by molar-refractivity contribution is 6.17. The van der Waals surface area contributed by atoms with Gasteiger partial charge in [0.2, 0.25) is 0 Å². The van der Waals surface area contributed by atoms with Crippen LogP contribution in [0.1, 0.15) is 0 Å². The first-order valence-electron chi connectivity index (χ1n) is 45.7. The van der Waals surface area contributed by atoms with Crippen molar-refractivity contribution < 1.29 is 0 Å². The van der Waals surface area contributed by atoms with Crippen molar-refractivity contribution in [2.75, 3.05) is 14.7 Å². The molecule has 0 saturated carbocycles. The summed E-state index contributed by atoms with van der Waals surface area (Å²) >= 11 is 0. The van der Waals surface area contributed by atoms with E-state index in [1.807, 2.05) is 0 Å². The van der Waals surface area contributed by atoms with E-state index in [2.05, 4.69) is 520 Å². The summed E-state index contributed by atoms with van der Waals surface area (Å²) in [5.74, 6) is 2.70. The molecule has 0 unspecified atom stereocenters. The summed E-state index contributed by atoms with van der Waals surface area (Å²) in [4.78, 5) is 22.6. The average Bonchev–Trinajstić information content (AvgIpc) is 1.56. The number of hydrogen-bond acceptors (Lipinski definition) is 6. The second-order valence-corrected chi connectivity index (χ2v) is 34.5. The van der Waals surface area contributed by atoms with Crippen molar-refractivity contribution in [3.63, 3.8) is 0 Å². The van der Waals surface area contributed by atoms with E-state index in [4.69, 9.17) is 15.0 Å². The quantitative estimate of drug-likeness (QED) is 0.151. The van der Waals surface area contributed by atoms with Crippen molar-refractivity contribution >= 4 is 139 Å². The second kappa shape index (κ2) is 32.0. The zero-order valence-electron chi connectivity index (χ0n) is 72.8. The Bertz CT molecular complexity index is 9020. The third kappa shape index (κ3) is 12.7. The lowest BCUT2D eigenvalue weighted by molar-refractivity contribution is 1.13. The van der Waals surface area contributed by atoms with Crippen LogP contribution in [0.15, 0.2) is 491 Å². The lowest BCUT2D eigenvalue weighted by atomic mass is 9.98. The number of anilines is 9. The molecule has 0 fully saturated rings. The Hall–Kier alpha value is -18.1. The van der Waals surface area contributed by atoms with E-state index in [1.54, 1.807) is 0 Å². The Morgan fingerprint density at radius 3 is 0.881 bits per heavy atom. The van der Waals surface area contributed by atoms with E-state index in [1.165, 1.54) is 138 Å². The molecule has 0 N–H and O–H groups in total. The molecule has 626 valence electrons. The second-order valence-electron chi connectivity index (χ2n) is 34.5. The highest BCUT2D eigenvalue weighted by atomic mass is 15.2. The number of hydrogen-bond donors (Lipinski definition) is 0. The van der Waals surface area contributed by atoms with Gasteiger partial charge < -0.3 is 13.7 Å². The molecule has 9 heteroatoms. The maximum Gasteiger partial charge on any atom is 0.138 e. The van der Waals surface area contributed by atoms with Crippen molar-refractivity contribution in [2.24, 2.45) is 0 Å². The smallest absolute Gasteiger partial charge is 0.138 e. The van der Waals surface area contributed by atoms with Gasteiger partial charge in [-0.1, -0.05) is 346 Å². The largest absolute Gasteiger partial charge is 0.309 e. The number of rotatable bonds is 8. The lowest BCUT2D eigenvalue weighted by Crippen LogP contribution is -2.12. The summed E-state index contributed by atoms with van der Waals surface area (Å²) in [7, 11) is 0. The van der Waals surface area contributed by atoms with Gasteiger partial charge in [0, 0.05) is 99.1 Å². The Labute approximate surface area is 774 Å². The molecule has 9 nitrogen and oxygen atoms in total. The number of aromatic nitrogens is 6. The van der Waals surface area contributed by atoms with Crippen molar-refractivity contribution in [3.8, 4) is 106 Å². The number of nitrogens with zero attached hydrogens (tertiary/aromatic N) is 9. The Morgan fingerprint density at radius 1 is 0.157 bits per heavy atom. The number of benzene rings is 19. The van der Waals surface area contributed by atoms with Gasteiger partial charge in [-0.3, -0.25) is 14.7 Å². The van der Waals surface area contributed by atoms with E-state index in [0.29, 0.717) is 0 Å². The predicted octanol–water partition coefficient (Wildman–Crippen LogP) is 33.5. The minimum absolute atomic E-state index is 0.896. The van der Waals surface area contributed by atoms with Crippen molar-refractivity contribution in [1.29, 1.82) is 0 Å². The molecule has 28 rings (SSSR count). The first-order chi connectivity index (χ1) is 66.5. The van der Waals surface area contributed by atoms with Gasteiger partial charge in [0.05, 0.1) is 90.0 Å². The molecule has 0 amide bonds. The van der Waals surface area contributed by atoms with Crippen LogP contribution < -0.4 is 14.7 Å². The summed E-state index contributed by atoms with van der Waals surface area (Å²) in [6.07, 6.45) is 0. The minimum Gasteiger partial charge on any atom is -0.309 e. The van der Waals surface area contributed by atoms with Crippen molar-refractivity contribution in [1.82, 2.24) is 28.7 Å². The van der Waals surface area contributed by atoms with Gasteiger partial charge in [-0.05, 0) is 184 Å². The molecule has 19 aromatic carbocycles. The van der Waals surface area contributed by atoms with Crippen LogP contribution in [0.25, 0.3) is 193 Å². The summed E-state index contributed by atoms with van der Waals surface area (Å²) in [5, 5.41) is 12.0. The van der Waals surface area contributed by atoms with Gasteiger partial charge in [-0.15, -0.1) is 0 Å². The topological polar surface area (TPSA) is 63.2 Å². The highest BCUT2D eigenvalue weighted by Gasteiger charge is 2.37. The van der Waals surface area contributed by atoms with E-state index in [0.717, 1.165) is 107 Å². The standard InChI is InChI=1S/C45H29N3.C41H27N3.C39H25N3/c1-2-14-32-28-34(25-24-30(32)12-1)33-15-11-16-35(29-33)47-40-21-8-4-17-36(40)44-37-18-5-9-22-41(37)48(42-23-10-6-19-38(42)45(44)47)43-27-26-31-13-3-7-20-39(31)46-43;1-2-13-28(14-3-1)30-16-12-17-31(27-30)43-36-22-9-5-18-32(36)40-33-19-6-10-23-37(33)44(38-24-11-7-20-34(38)41(40)43)39-26-25-29-15-4-8-21-35(29)42-39;1-3-15-28-26(12-1)14-11-23-33(28)42-35-21-9-5-17-30(35)38-29-16-4-8-20-34(29)41(36-22-10-6-18-31(36)39(38)42)37-25-24-27-13-2-7-19-32(27)40-37/h1-29H;1-27H;1-25H. The molecule has 9 heterocycles. The van der Waals surface area contributed by atoms with Crippen molar-refractivity contribution in [3.05, 3.63) is 491 Å². The Balaban J connectivity index is 0.000000105. The molecular formula is C125H81N9. The van der Waals surface area contributed by atoms with Gasteiger partial charge >= 0.3 is 0 Å². The Morgan fingerprint density at radius 2 is 0.440 bits per heavy atom. The normalized spacial score (nSPS) is 12.1. The average molecular weight is 1710 g/mol. The van der Waals surface area contributed by atoms with E-state index in [-0.39, 0.29) is 0 Å².